The third-order valence-corrected chi connectivity index (χ3v) is 6.15. The number of halogens is 4. The maximum atomic E-state index is 13.2. The van der Waals surface area contributed by atoms with Gasteiger partial charge in [-0.1, -0.05) is 6.08 Å². The van der Waals surface area contributed by atoms with E-state index in [4.69, 9.17) is 5.26 Å². The smallest absolute Gasteiger partial charge is 0.269 e. The molecule has 33 heavy (non-hydrogen) atoms. The Morgan fingerprint density at radius 1 is 1.18 bits per heavy atom. The van der Waals surface area contributed by atoms with E-state index < -0.39 is 23.0 Å². The van der Waals surface area contributed by atoms with Crippen LogP contribution in [0.3, 0.4) is 0 Å². The molecule has 1 aromatic carbocycles. The first-order chi connectivity index (χ1) is 15.5. The molecule has 0 unspecified atom stereocenters. The Balaban J connectivity index is 1.97. The number of nitriles is 1. The van der Waals surface area contributed by atoms with Gasteiger partial charge in [0.15, 0.2) is 0 Å². The average Bonchev–Trinajstić information content (AvgIpc) is 3.40. The summed E-state index contributed by atoms with van der Waals surface area (Å²) < 4.78 is 43.6. The van der Waals surface area contributed by atoms with E-state index in [1.165, 1.54) is 18.7 Å². The molecule has 1 aliphatic carbocycles. The summed E-state index contributed by atoms with van der Waals surface area (Å²) in [5, 5.41) is 13.4. The summed E-state index contributed by atoms with van der Waals surface area (Å²) in [5.74, 6) is 0. The second kappa shape index (κ2) is 8.18. The topological polar surface area (TPSA) is 85.6 Å². The zero-order chi connectivity index (χ0) is 24.1. The van der Waals surface area contributed by atoms with Crippen molar-refractivity contribution < 1.29 is 13.2 Å². The molecule has 2 aromatic heterocycles. The molecule has 168 valence electrons. The minimum Gasteiger partial charge on any atom is -0.269 e. The van der Waals surface area contributed by atoms with E-state index in [0.29, 0.717) is 20.5 Å². The number of alkyl halides is 3. The summed E-state index contributed by atoms with van der Waals surface area (Å²) >= 11 is 2.01. The minimum atomic E-state index is -4.54. The maximum Gasteiger partial charge on any atom is 0.416 e. The van der Waals surface area contributed by atoms with Gasteiger partial charge in [0.1, 0.15) is 0 Å². The molecule has 1 aliphatic rings. The second-order valence-electron chi connectivity index (χ2n) is 7.35. The number of benzene rings is 1. The zero-order valence-electron chi connectivity index (χ0n) is 17.3. The van der Waals surface area contributed by atoms with E-state index in [0.717, 1.165) is 21.3 Å². The van der Waals surface area contributed by atoms with Crippen LogP contribution in [-0.2, 0) is 7.05 Å². The fraction of sp³-hybridized carbons (Fsp3) is 0.182. The Bertz CT molecular complexity index is 1500. The van der Waals surface area contributed by atoms with Crippen LogP contribution in [0, 0.1) is 21.8 Å². The molecule has 0 bridgehead atoms. The van der Waals surface area contributed by atoms with Crippen LogP contribution in [-0.4, -0.2) is 25.1 Å². The van der Waals surface area contributed by atoms with Crippen LogP contribution in [0.5, 0.6) is 0 Å². The highest BCUT2D eigenvalue weighted by atomic mass is 127. The van der Waals surface area contributed by atoms with E-state index >= 15 is 0 Å². The van der Waals surface area contributed by atoms with E-state index in [1.54, 1.807) is 30.5 Å². The van der Waals surface area contributed by atoms with Crippen LogP contribution in [0.15, 0.2) is 57.8 Å². The van der Waals surface area contributed by atoms with Crippen LogP contribution in [0.2, 0.25) is 0 Å². The first-order valence-corrected chi connectivity index (χ1v) is 10.7. The summed E-state index contributed by atoms with van der Waals surface area (Å²) in [6.07, 6.45) is -1.16. The normalized spacial score (nSPS) is 13.6. The predicted molar refractivity (Wildman–Crippen MR) is 124 cm³/mol. The van der Waals surface area contributed by atoms with Gasteiger partial charge in [-0.3, -0.25) is 13.9 Å². The van der Waals surface area contributed by atoms with Crippen molar-refractivity contribution in [3.8, 4) is 23.0 Å². The van der Waals surface area contributed by atoms with Gasteiger partial charge < -0.3 is 0 Å². The Labute approximate surface area is 198 Å². The molecule has 3 aromatic rings. The number of nitrogens with zero attached hydrogens (tertiary/aromatic N) is 5. The lowest BCUT2D eigenvalue weighted by atomic mass is 10.1. The summed E-state index contributed by atoms with van der Waals surface area (Å²) in [4.78, 5) is 26.1. The van der Waals surface area contributed by atoms with Crippen LogP contribution in [0.1, 0.15) is 17.7 Å². The first-order valence-electron chi connectivity index (χ1n) is 9.60. The molecule has 0 spiro atoms. The molecule has 0 saturated carbocycles. The molecule has 4 rings (SSSR count). The van der Waals surface area contributed by atoms with Crippen molar-refractivity contribution in [1.29, 1.82) is 5.26 Å². The lowest BCUT2D eigenvalue weighted by molar-refractivity contribution is -0.0880. The number of hydrogen-bond donors (Lipinski definition) is 0. The highest BCUT2D eigenvalue weighted by Crippen LogP contribution is 2.35. The molecule has 0 atom stereocenters. The summed E-state index contributed by atoms with van der Waals surface area (Å²) in [6, 6.07) is 8.57. The Kier molecular flexibility index (Phi) is 5.65. The molecule has 0 amide bonds. The monoisotopic (exact) mass is 565 g/mol. The molecule has 2 heterocycles. The molecule has 0 saturated heterocycles. The molecule has 0 N–H and O–H groups in total. The SMILES string of the molecule is Cc1c(-c2c(I)cnn2-c2ccc(C#N)cc2)c(=O)n(C)c(=O)n1C1=CC(C(F)(F)F)=CC1. The quantitative estimate of drug-likeness (QED) is 0.451. The van der Waals surface area contributed by atoms with Gasteiger partial charge in [-0.25, -0.2) is 9.48 Å². The van der Waals surface area contributed by atoms with Crippen LogP contribution in [0.25, 0.3) is 22.6 Å². The van der Waals surface area contributed by atoms with Crippen LogP contribution >= 0.6 is 22.6 Å². The lowest BCUT2D eigenvalue weighted by Gasteiger charge is -2.17. The molecular formula is C22H15F3IN5O2. The largest absolute Gasteiger partial charge is 0.416 e. The van der Waals surface area contributed by atoms with Crippen molar-refractivity contribution in [2.24, 2.45) is 7.05 Å². The molecule has 0 fully saturated rings. The van der Waals surface area contributed by atoms with Gasteiger partial charge in [0.25, 0.3) is 5.56 Å². The third-order valence-electron chi connectivity index (χ3n) is 5.36. The van der Waals surface area contributed by atoms with Gasteiger partial charge in [-0.2, -0.15) is 23.5 Å². The molecular weight excluding hydrogens is 550 g/mol. The number of allylic oxidation sites excluding steroid dienone is 4. The molecule has 11 heteroatoms. The van der Waals surface area contributed by atoms with Gasteiger partial charge in [0.05, 0.1) is 43.9 Å². The van der Waals surface area contributed by atoms with Crippen molar-refractivity contribution >= 4 is 28.3 Å². The average molecular weight is 565 g/mol. The number of rotatable bonds is 3. The summed E-state index contributed by atoms with van der Waals surface area (Å²) in [7, 11) is 1.28. The predicted octanol–water partition coefficient (Wildman–Crippen LogP) is 3.92. The Morgan fingerprint density at radius 2 is 1.85 bits per heavy atom. The zero-order valence-corrected chi connectivity index (χ0v) is 19.5. The number of aromatic nitrogens is 4. The van der Waals surface area contributed by atoms with Crippen molar-refractivity contribution in [2.45, 2.75) is 19.5 Å². The van der Waals surface area contributed by atoms with Gasteiger partial charge in [-0.15, -0.1) is 0 Å². The van der Waals surface area contributed by atoms with Gasteiger partial charge >= 0.3 is 11.9 Å². The Morgan fingerprint density at radius 3 is 2.42 bits per heavy atom. The fourth-order valence-corrected chi connectivity index (χ4v) is 4.34. The van der Waals surface area contributed by atoms with Crippen molar-refractivity contribution in [2.75, 3.05) is 0 Å². The minimum absolute atomic E-state index is 0.0980. The maximum absolute atomic E-state index is 13.2. The summed E-state index contributed by atoms with van der Waals surface area (Å²) in [6.45, 7) is 1.52. The van der Waals surface area contributed by atoms with Gasteiger partial charge in [-0.05, 0) is 59.9 Å². The Hall–Kier alpha value is -3.40. The first kappa shape index (κ1) is 22.8. The summed E-state index contributed by atoms with van der Waals surface area (Å²) in [5.41, 5.74) is -0.263. The highest BCUT2D eigenvalue weighted by molar-refractivity contribution is 14.1. The van der Waals surface area contributed by atoms with E-state index in [2.05, 4.69) is 5.10 Å². The van der Waals surface area contributed by atoms with E-state index in [9.17, 15) is 22.8 Å². The van der Waals surface area contributed by atoms with Crippen molar-refractivity contribution in [1.82, 2.24) is 18.9 Å². The van der Waals surface area contributed by atoms with Crippen LogP contribution in [0.4, 0.5) is 13.2 Å². The van der Waals surface area contributed by atoms with E-state index in [-0.39, 0.29) is 23.4 Å². The molecule has 0 aliphatic heterocycles. The van der Waals surface area contributed by atoms with Gasteiger partial charge in [0.2, 0.25) is 0 Å². The second-order valence-corrected chi connectivity index (χ2v) is 8.51. The lowest BCUT2D eigenvalue weighted by Crippen LogP contribution is -2.40. The standard InChI is InChI=1S/C22H15F3IN5O2/c1-12-18(19-17(26)11-28-31(19)15-6-3-13(10-27)4-7-15)20(32)29(2)21(33)30(12)16-8-5-14(9-16)22(23,24)25/h3-7,9,11H,8H2,1-2H3. The van der Waals surface area contributed by atoms with Crippen molar-refractivity contribution in [3.63, 3.8) is 0 Å². The highest BCUT2D eigenvalue weighted by Gasteiger charge is 2.35. The number of hydrogen-bond acceptors (Lipinski definition) is 4. The van der Waals surface area contributed by atoms with Crippen molar-refractivity contribution in [3.05, 3.63) is 83.9 Å². The fourth-order valence-electron chi connectivity index (χ4n) is 3.72. The van der Waals surface area contributed by atoms with Crippen LogP contribution < -0.4 is 11.2 Å². The molecule has 7 nitrogen and oxygen atoms in total. The van der Waals surface area contributed by atoms with E-state index in [1.807, 2.05) is 28.7 Å². The van der Waals surface area contributed by atoms with Gasteiger partial charge in [0, 0.05) is 24.9 Å². The third kappa shape index (κ3) is 3.84. The molecule has 0 radical (unpaired) electrons.